The zero-order valence-corrected chi connectivity index (χ0v) is 10.2. The van der Waals surface area contributed by atoms with Crippen LogP contribution in [0.4, 0.5) is 8.78 Å². The van der Waals surface area contributed by atoms with Crippen LogP contribution < -0.4 is 0 Å². The number of thioether (sulfide) groups is 1. The highest BCUT2D eigenvalue weighted by Crippen LogP contribution is 2.36. The summed E-state index contributed by atoms with van der Waals surface area (Å²) < 4.78 is 24.9. The lowest BCUT2D eigenvalue weighted by atomic mass is 10.5. The van der Waals surface area contributed by atoms with Crippen molar-refractivity contribution in [2.24, 2.45) is 0 Å². The molecule has 8 heteroatoms. The molecule has 0 atom stereocenters. The lowest BCUT2D eigenvalue weighted by molar-refractivity contribution is 0.252. The van der Waals surface area contributed by atoms with Gasteiger partial charge < -0.3 is 0 Å². The van der Waals surface area contributed by atoms with Gasteiger partial charge in [0, 0.05) is 0 Å². The topological polar surface area (TPSA) is 25.8 Å². The van der Waals surface area contributed by atoms with Crippen molar-refractivity contribution in [2.45, 2.75) is 10.1 Å². The molecule has 0 saturated carbocycles. The van der Waals surface area contributed by atoms with E-state index in [0.717, 1.165) is 16.2 Å². The second-order valence-corrected chi connectivity index (χ2v) is 6.29. The van der Waals surface area contributed by atoms with Crippen LogP contribution in [0.5, 0.6) is 0 Å². The van der Waals surface area contributed by atoms with Crippen molar-refractivity contribution in [3.63, 3.8) is 0 Å². The minimum Gasteiger partial charge on any atom is -0.197 e. The summed E-state index contributed by atoms with van der Waals surface area (Å²) in [6, 6.07) is 3.53. The van der Waals surface area contributed by atoms with E-state index in [1.54, 1.807) is 12.1 Å². The Kier molecular flexibility index (Phi) is 3.55. The Balaban J connectivity index is 2.20. The van der Waals surface area contributed by atoms with Gasteiger partial charge in [-0.1, -0.05) is 22.9 Å². The first-order valence-corrected chi connectivity index (χ1v) is 6.58. The second kappa shape index (κ2) is 4.73. The first-order valence-electron chi connectivity index (χ1n) is 3.69. The SMILES string of the molecule is FC(F)Sc1nnc(-c2ccc(Cl)s2)s1. The highest BCUT2D eigenvalue weighted by molar-refractivity contribution is 8.01. The Morgan fingerprint density at radius 1 is 1.27 bits per heavy atom. The predicted octanol–water partition coefficient (Wildman–Crippen LogP) is 4.23. The number of hydrogen-bond acceptors (Lipinski definition) is 5. The van der Waals surface area contributed by atoms with E-state index >= 15 is 0 Å². The molecule has 0 fully saturated rings. The molecule has 0 spiro atoms. The molecule has 0 N–H and O–H groups in total. The van der Waals surface area contributed by atoms with Crippen LogP contribution in [0.15, 0.2) is 16.5 Å². The number of halogens is 3. The molecule has 0 aliphatic rings. The monoisotopic (exact) mass is 284 g/mol. The van der Waals surface area contributed by atoms with Gasteiger partial charge in [0.2, 0.25) is 0 Å². The predicted molar refractivity (Wildman–Crippen MR) is 60.1 cm³/mol. The zero-order valence-electron chi connectivity index (χ0n) is 6.99. The molecule has 2 rings (SSSR count). The fourth-order valence-electron chi connectivity index (χ4n) is 0.862. The summed E-state index contributed by atoms with van der Waals surface area (Å²) in [7, 11) is 0. The van der Waals surface area contributed by atoms with Gasteiger partial charge in [0.1, 0.15) is 0 Å². The first kappa shape index (κ1) is 11.3. The van der Waals surface area contributed by atoms with Crippen LogP contribution in [0, 0.1) is 0 Å². The van der Waals surface area contributed by atoms with Crippen molar-refractivity contribution in [3.05, 3.63) is 16.5 Å². The third kappa shape index (κ3) is 2.87. The second-order valence-electron chi connectivity index (χ2n) is 2.36. The maximum atomic E-state index is 12.0. The largest absolute Gasteiger partial charge is 0.291 e. The molecular formula is C7H3ClF2N2S3. The lowest BCUT2D eigenvalue weighted by Crippen LogP contribution is -1.79. The summed E-state index contributed by atoms with van der Waals surface area (Å²) >= 11 is 8.64. The van der Waals surface area contributed by atoms with E-state index in [0.29, 0.717) is 21.1 Å². The molecule has 0 unspecified atom stereocenters. The maximum Gasteiger partial charge on any atom is 0.291 e. The number of thiophene rings is 1. The molecule has 0 aliphatic heterocycles. The highest BCUT2D eigenvalue weighted by Gasteiger charge is 2.13. The number of nitrogens with zero attached hydrogens (tertiary/aromatic N) is 2. The Morgan fingerprint density at radius 3 is 2.67 bits per heavy atom. The molecule has 2 aromatic rings. The average Bonchev–Trinajstić information content (AvgIpc) is 2.72. The third-order valence-corrected chi connectivity index (χ3v) is 4.50. The summed E-state index contributed by atoms with van der Waals surface area (Å²) in [5, 5.41) is 8.10. The van der Waals surface area contributed by atoms with Crippen molar-refractivity contribution < 1.29 is 8.78 Å². The van der Waals surface area contributed by atoms with Crippen molar-refractivity contribution in [2.75, 3.05) is 0 Å². The van der Waals surface area contributed by atoms with Crippen molar-refractivity contribution in [3.8, 4) is 9.88 Å². The summed E-state index contributed by atoms with van der Waals surface area (Å²) in [6.07, 6.45) is 0. The molecule has 0 saturated heterocycles. The van der Waals surface area contributed by atoms with Gasteiger partial charge in [-0.15, -0.1) is 21.5 Å². The van der Waals surface area contributed by atoms with Crippen LogP contribution in [-0.2, 0) is 0 Å². The Bertz CT molecular complexity index is 457. The van der Waals surface area contributed by atoms with Crippen LogP contribution in [0.25, 0.3) is 9.88 Å². The van der Waals surface area contributed by atoms with Crippen LogP contribution >= 0.6 is 46.0 Å². The van der Waals surface area contributed by atoms with E-state index in [4.69, 9.17) is 11.6 Å². The molecule has 0 radical (unpaired) electrons. The number of aromatic nitrogens is 2. The van der Waals surface area contributed by atoms with Crippen LogP contribution in [0.2, 0.25) is 4.34 Å². The number of rotatable bonds is 3. The summed E-state index contributed by atoms with van der Waals surface area (Å²) in [4.78, 5) is 0.846. The minimum atomic E-state index is -2.46. The minimum absolute atomic E-state index is 0.268. The van der Waals surface area contributed by atoms with Crippen LogP contribution in [0.3, 0.4) is 0 Å². The van der Waals surface area contributed by atoms with Crippen LogP contribution in [-0.4, -0.2) is 16.0 Å². The van der Waals surface area contributed by atoms with Gasteiger partial charge >= 0.3 is 0 Å². The standard InChI is InChI=1S/C7H3ClF2N2S3/c8-4-2-1-3(13-4)5-11-12-7(14-5)15-6(9)10/h1-2,6H. The maximum absolute atomic E-state index is 12.0. The fraction of sp³-hybridized carbons (Fsp3) is 0.143. The van der Waals surface area contributed by atoms with Gasteiger partial charge in [0.25, 0.3) is 5.76 Å². The third-order valence-electron chi connectivity index (χ3n) is 1.38. The summed E-state index contributed by atoms with van der Waals surface area (Å²) in [6.45, 7) is 0. The van der Waals surface area contributed by atoms with Crippen molar-refractivity contribution >= 4 is 46.0 Å². The molecule has 15 heavy (non-hydrogen) atoms. The van der Waals surface area contributed by atoms with E-state index in [-0.39, 0.29) is 4.34 Å². The van der Waals surface area contributed by atoms with Crippen LogP contribution in [0.1, 0.15) is 0 Å². The summed E-state index contributed by atoms with van der Waals surface area (Å²) in [5.74, 6) is -2.46. The molecule has 0 bridgehead atoms. The van der Waals surface area contributed by atoms with E-state index in [1.165, 1.54) is 11.3 Å². The van der Waals surface area contributed by atoms with E-state index in [1.807, 2.05) is 0 Å². The fourth-order valence-corrected chi connectivity index (χ4v) is 3.42. The van der Waals surface area contributed by atoms with E-state index < -0.39 is 5.76 Å². The van der Waals surface area contributed by atoms with E-state index in [9.17, 15) is 8.78 Å². The molecule has 0 amide bonds. The number of hydrogen-bond donors (Lipinski definition) is 0. The van der Waals surface area contributed by atoms with Gasteiger partial charge in [-0.25, -0.2) is 0 Å². The molecule has 0 aliphatic carbocycles. The quantitative estimate of drug-likeness (QED) is 0.789. The first-order chi connectivity index (χ1) is 7.15. The molecule has 2 heterocycles. The highest BCUT2D eigenvalue weighted by atomic mass is 35.5. The van der Waals surface area contributed by atoms with Gasteiger partial charge in [0.05, 0.1) is 9.21 Å². The summed E-state index contributed by atoms with van der Waals surface area (Å²) in [5.41, 5.74) is 0. The average molecular weight is 285 g/mol. The zero-order chi connectivity index (χ0) is 10.8. The molecule has 80 valence electrons. The van der Waals surface area contributed by atoms with E-state index in [2.05, 4.69) is 10.2 Å². The van der Waals surface area contributed by atoms with Gasteiger partial charge in [-0.3, -0.25) is 0 Å². The smallest absolute Gasteiger partial charge is 0.197 e. The molecule has 2 nitrogen and oxygen atoms in total. The van der Waals surface area contributed by atoms with Gasteiger partial charge in [-0.05, 0) is 23.9 Å². The molecular weight excluding hydrogens is 282 g/mol. The normalized spacial score (nSPS) is 11.2. The Morgan fingerprint density at radius 2 is 2.07 bits per heavy atom. The lowest BCUT2D eigenvalue weighted by Gasteiger charge is -1.89. The Labute approximate surface area is 101 Å². The molecule has 0 aromatic carbocycles. The van der Waals surface area contributed by atoms with Crippen molar-refractivity contribution in [1.82, 2.24) is 10.2 Å². The number of alkyl halides is 2. The molecule has 2 aromatic heterocycles. The van der Waals surface area contributed by atoms with Gasteiger partial charge in [-0.2, -0.15) is 8.78 Å². The van der Waals surface area contributed by atoms with Crippen molar-refractivity contribution in [1.29, 1.82) is 0 Å². The van der Waals surface area contributed by atoms with Gasteiger partial charge in [0.15, 0.2) is 9.35 Å². The Hall–Kier alpha value is -0.240.